The highest BCUT2D eigenvalue weighted by Gasteiger charge is 2.23. The maximum atomic E-state index is 4.85. The summed E-state index contributed by atoms with van der Waals surface area (Å²) in [4.78, 5) is 9.55. The van der Waals surface area contributed by atoms with E-state index in [1.165, 1.54) is 11.1 Å². The summed E-state index contributed by atoms with van der Waals surface area (Å²) in [6.45, 7) is 10.8. The quantitative estimate of drug-likeness (QED) is 0.749. The molecule has 0 amide bonds. The fraction of sp³-hybridized carbons (Fsp3) is 0.412. The van der Waals surface area contributed by atoms with Crippen LogP contribution in [0.15, 0.2) is 18.2 Å². The molecule has 0 aliphatic rings. The highest BCUT2D eigenvalue weighted by atomic mass is 127. The first-order valence-electron chi connectivity index (χ1n) is 7.07. The van der Waals surface area contributed by atoms with Gasteiger partial charge >= 0.3 is 0 Å². The van der Waals surface area contributed by atoms with Gasteiger partial charge in [-0.1, -0.05) is 44.5 Å². The van der Waals surface area contributed by atoms with Crippen molar-refractivity contribution in [2.45, 2.75) is 40.0 Å². The van der Waals surface area contributed by atoms with Crippen LogP contribution in [0.2, 0.25) is 0 Å². The van der Waals surface area contributed by atoms with E-state index in [-0.39, 0.29) is 5.41 Å². The van der Waals surface area contributed by atoms with Crippen LogP contribution in [0.4, 0.5) is 5.82 Å². The van der Waals surface area contributed by atoms with Crippen LogP contribution >= 0.6 is 22.6 Å². The van der Waals surface area contributed by atoms with Gasteiger partial charge in [0.05, 0.1) is 9.26 Å². The van der Waals surface area contributed by atoms with Gasteiger partial charge in [0.1, 0.15) is 5.82 Å². The van der Waals surface area contributed by atoms with E-state index in [0.717, 1.165) is 26.5 Å². The van der Waals surface area contributed by atoms with Gasteiger partial charge in [0.15, 0.2) is 5.82 Å². The average Bonchev–Trinajstić information content (AvgIpc) is 2.38. The first kappa shape index (κ1) is 16.2. The van der Waals surface area contributed by atoms with Crippen molar-refractivity contribution in [3.05, 3.63) is 38.6 Å². The zero-order valence-electron chi connectivity index (χ0n) is 13.5. The Kier molecular flexibility index (Phi) is 4.56. The SMILES string of the molecule is CNc1nc(-c2ccc(C)cc2C)nc(C(C)(C)C)c1I. The first-order valence-corrected chi connectivity index (χ1v) is 8.15. The number of anilines is 1. The largest absolute Gasteiger partial charge is 0.372 e. The van der Waals surface area contributed by atoms with E-state index < -0.39 is 0 Å². The zero-order chi connectivity index (χ0) is 15.8. The molecule has 112 valence electrons. The molecule has 0 atom stereocenters. The predicted molar refractivity (Wildman–Crippen MR) is 97.9 cm³/mol. The van der Waals surface area contributed by atoms with Crippen molar-refractivity contribution in [3.8, 4) is 11.4 Å². The lowest BCUT2D eigenvalue weighted by atomic mass is 9.91. The molecule has 21 heavy (non-hydrogen) atoms. The van der Waals surface area contributed by atoms with Crippen molar-refractivity contribution in [1.82, 2.24) is 9.97 Å². The van der Waals surface area contributed by atoms with Crippen LogP contribution in [0.25, 0.3) is 11.4 Å². The van der Waals surface area contributed by atoms with Crippen LogP contribution in [0, 0.1) is 17.4 Å². The third-order valence-corrected chi connectivity index (χ3v) is 4.44. The maximum absolute atomic E-state index is 4.85. The maximum Gasteiger partial charge on any atom is 0.162 e. The fourth-order valence-corrected chi connectivity index (χ4v) is 3.61. The van der Waals surface area contributed by atoms with E-state index in [1.54, 1.807) is 0 Å². The Morgan fingerprint density at radius 2 is 1.76 bits per heavy atom. The molecule has 0 unspecified atom stereocenters. The van der Waals surface area contributed by atoms with Crippen LogP contribution in [-0.2, 0) is 5.41 Å². The number of benzene rings is 1. The van der Waals surface area contributed by atoms with Gasteiger partial charge in [-0.15, -0.1) is 0 Å². The van der Waals surface area contributed by atoms with Crippen molar-refractivity contribution in [1.29, 1.82) is 0 Å². The second kappa shape index (κ2) is 5.91. The van der Waals surface area contributed by atoms with Gasteiger partial charge in [-0.2, -0.15) is 0 Å². The third-order valence-electron chi connectivity index (χ3n) is 3.42. The zero-order valence-corrected chi connectivity index (χ0v) is 15.7. The van der Waals surface area contributed by atoms with Crippen molar-refractivity contribution in [2.75, 3.05) is 12.4 Å². The number of hydrogen-bond acceptors (Lipinski definition) is 3. The topological polar surface area (TPSA) is 37.8 Å². The first-order chi connectivity index (χ1) is 9.74. The third kappa shape index (κ3) is 3.36. The minimum Gasteiger partial charge on any atom is -0.372 e. The molecule has 3 nitrogen and oxygen atoms in total. The van der Waals surface area contributed by atoms with Crippen molar-refractivity contribution >= 4 is 28.4 Å². The van der Waals surface area contributed by atoms with Gasteiger partial charge in [0, 0.05) is 18.0 Å². The molecule has 1 N–H and O–H groups in total. The molecule has 1 heterocycles. The molecule has 0 aliphatic heterocycles. The van der Waals surface area contributed by atoms with Crippen LogP contribution in [0.3, 0.4) is 0 Å². The molecule has 4 heteroatoms. The van der Waals surface area contributed by atoms with Crippen molar-refractivity contribution < 1.29 is 0 Å². The number of aromatic nitrogens is 2. The van der Waals surface area contributed by atoms with Gasteiger partial charge in [0.25, 0.3) is 0 Å². The van der Waals surface area contributed by atoms with E-state index in [2.05, 4.69) is 80.7 Å². The van der Waals surface area contributed by atoms with Gasteiger partial charge in [-0.3, -0.25) is 0 Å². The minimum absolute atomic E-state index is 0.0155. The van der Waals surface area contributed by atoms with Crippen molar-refractivity contribution in [3.63, 3.8) is 0 Å². The molecule has 0 saturated carbocycles. The highest BCUT2D eigenvalue weighted by Crippen LogP contribution is 2.32. The number of halogens is 1. The van der Waals surface area contributed by atoms with Crippen molar-refractivity contribution in [2.24, 2.45) is 0 Å². The summed E-state index contributed by atoms with van der Waals surface area (Å²) in [5.41, 5.74) is 4.62. The van der Waals surface area contributed by atoms with Gasteiger partial charge < -0.3 is 5.32 Å². The Balaban J connectivity index is 2.70. The molecule has 0 fully saturated rings. The van der Waals surface area contributed by atoms with E-state index in [4.69, 9.17) is 9.97 Å². The lowest BCUT2D eigenvalue weighted by molar-refractivity contribution is 0.564. The number of nitrogens with zero attached hydrogens (tertiary/aromatic N) is 2. The number of rotatable bonds is 2. The van der Waals surface area contributed by atoms with Gasteiger partial charge in [-0.05, 0) is 42.0 Å². The molecule has 0 spiro atoms. The van der Waals surface area contributed by atoms with E-state index in [1.807, 2.05) is 7.05 Å². The molecule has 0 saturated heterocycles. The van der Waals surface area contributed by atoms with Crippen LogP contribution in [-0.4, -0.2) is 17.0 Å². The summed E-state index contributed by atoms with van der Waals surface area (Å²) in [6.07, 6.45) is 0. The number of hydrogen-bond donors (Lipinski definition) is 1. The molecule has 0 radical (unpaired) electrons. The number of aryl methyl sites for hydroxylation is 2. The van der Waals surface area contributed by atoms with E-state index in [9.17, 15) is 0 Å². The van der Waals surface area contributed by atoms with Gasteiger partial charge in [-0.25, -0.2) is 9.97 Å². The standard InChI is InChI=1S/C17H22IN3/c1-10-7-8-12(11(2)9-10)15-20-14(17(3,4)5)13(18)16(19-6)21-15/h7-9H,1-6H3,(H,19,20,21). The lowest BCUT2D eigenvalue weighted by Gasteiger charge is -2.22. The molecule has 0 aliphatic carbocycles. The number of nitrogens with one attached hydrogen (secondary N) is 1. The molecule has 2 aromatic rings. The molecular formula is C17H22IN3. The highest BCUT2D eigenvalue weighted by molar-refractivity contribution is 14.1. The monoisotopic (exact) mass is 395 g/mol. The second-order valence-corrected chi connectivity index (χ2v) is 7.46. The molecule has 2 rings (SSSR count). The lowest BCUT2D eigenvalue weighted by Crippen LogP contribution is -2.18. The molecular weight excluding hydrogens is 373 g/mol. The summed E-state index contributed by atoms with van der Waals surface area (Å²) in [5, 5.41) is 3.19. The normalized spacial score (nSPS) is 11.6. The van der Waals surface area contributed by atoms with Crippen LogP contribution in [0.1, 0.15) is 37.6 Å². The summed E-state index contributed by atoms with van der Waals surface area (Å²) in [7, 11) is 1.91. The minimum atomic E-state index is -0.0155. The molecule has 0 bridgehead atoms. The Morgan fingerprint density at radius 1 is 1.10 bits per heavy atom. The van der Waals surface area contributed by atoms with Crippen LogP contribution < -0.4 is 5.32 Å². The summed E-state index contributed by atoms with van der Waals surface area (Å²) in [6, 6.07) is 6.39. The average molecular weight is 395 g/mol. The Labute approximate surface area is 140 Å². The smallest absolute Gasteiger partial charge is 0.162 e. The summed E-state index contributed by atoms with van der Waals surface area (Å²) >= 11 is 2.33. The Hall–Kier alpha value is -1.17. The summed E-state index contributed by atoms with van der Waals surface area (Å²) < 4.78 is 1.09. The predicted octanol–water partition coefficient (Wildman–Crippen LogP) is 4.70. The molecule has 1 aromatic heterocycles. The van der Waals surface area contributed by atoms with E-state index in [0.29, 0.717) is 0 Å². The fourth-order valence-electron chi connectivity index (χ4n) is 2.29. The van der Waals surface area contributed by atoms with E-state index >= 15 is 0 Å². The summed E-state index contributed by atoms with van der Waals surface area (Å²) in [5.74, 6) is 1.69. The Morgan fingerprint density at radius 3 is 2.29 bits per heavy atom. The van der Waals surface area contributed by atoms with Gasteiger partial charge in [0.2, 0.25) is 0 Å². The van der Waals surface area contributed by atoms with Crippen LogP contribution in [0.5, 0.6) is 0 Å². The molecule has 1 aromatic carbocycles. The Bertz CT molecular complexity index is 672. The second-order valence-electron chi connectivity index (χ2n) is 6.38.